The van der Waals surface area contributed by atoms with Crippen molar-refractivity contribution < 1.29 is 19.0 Å². The highest BCUT2D eigenvalue weighted by atomic mass is 35.5. The molecule has 0 atom stereocenters. The minimum absolute atomic E-state index is 0.0945. The molecule has 1 rings (SSSR count). The second-order valence-electron chi connectivity index (χ2n) is 4.28. The van der Waals surface area contributed by atoms with Crippen LogP contribution in [-0.2, 0) is 14.3 Å². The summed E-state index contributed by atoms with van der Waals surface area (Å²) in [5.74, 6) is -0.0693. The van der Waals surface area contributed by atoms with Crippen LogP contribution in [0.5, 0.6) is 5.75 Å². The molecule has 124 valence electrons. The molecule has 0 radical (unpaired) electrons. The van der Waals surface area contributed by atoms with Gasteiger partial charge in [-0.25, -0.2) is 0 Å². The molecule has 0 aliphatic rings. The molecule has 7 nitrogen and oxygen atoms in total. The Morgan fingerprint density at radius 1 is 1.39 bits per heavy atom. The number of nitrogens with one attached hydrogen (secondary N) is 2. The summed E-state index contributed by atoms with van der Waals surface area (Å²) in [7, 11) is 4.48. The Labute approximate surface area is 139 Å². The molecular weight excluding hydrogens is 322 g/mol. The van der Waals surface area contributed by atoms with Gasteiger partial charge in [0.1, 0.15) is 17.4 Å². The number of halogens is 1. The molecule has 23 heavy (non-hydrogen) atoms. The zero-order valence-electron chi connectivity index (χ0n) is 13.1. The van der Waals surface area contributed by atoms with E-state index in [4.69, 9.17) is 31.1 Å². The molecule has 0 fully saturated rings. The molecule has 0 unspecified atom stereocenters. The lowest BCUT2D eigenvalue weighted by Gasteiger charge is -2.13. The number of hydrogen-bond acceptors (Lipinski definition) is 6. The van der Waals surface area contributed by atoms with Crippen molar-refractivity contribution in [3.05, 3.63) is 35.0 Å². The first-order valence-electron chi connectivity index (χ1n) is 6.59. The molecule has 0 aromatic heterocycles. The SMILES string of the molecule is COc1ccc(NC(=O)/C(C#N)=C\NCC(OC)OC)cc1Cl. The van der Waals surface area contributed by atoms with E-state index in [0.717, 1.165) is 0 Å². The van der Waals surface area contributed by atoms with E-state index < -0.39 is 12.2 Å². The number of benzene rings is 1. The molecule has 0 saturated heterocycles. The van der Waals surface area contributed by atoms with E-state index >= 15 is 0 Å². The number of nitrogens with zero attached hydrogens (tertiary/aromatic N) is 1. The van der Waals surface area contributed by atoms with Gasteiger partial charge in [-0.1, -0.05) is 11.6 Å². The lowest BCUT2D eigenvalue weighted by Crippen LogP contribution is -2.27. The fourth-order valence-electron chi connectivity index (χ4n) is 1.61. The van der Waals surface area contributed by atoms with Crippen molar-refractivity contribution in [1.29, 1.82) is 5.26 Å². The zero-order valence-corrected chi connectivity index (χ0v) is 13.8. The van der Waals surface area contributed by atoms with Gasteiger partial charge in [-0.3, -0.25) is 4.79 Å². The summed E-state index contributed by atoms with van der Waals surface area (Å²) >= 11 is 5.98. The number of rotatable bonds is 8. The van der Waals surface area contributed by atoms with E-state index in [1.807, 2.05) is 6.07 Å². The number of anilines is 1. The molecule has 1 aromatic rings. The van der Waals surface area contributed by atoms with Crippen LogP contribution in [0.2, 0.25) is 5.02 Å². The molecule has 1 amide bonds. The molecule has 0 saturated carbocycles. The average Bonchev–Trinajstić information content (AvgIpc) is 2.55. The number of carbonyl (C=O) groups excluding carboxylic acids is 1. The normalized spacial score (nSPS) is 11.0. The summed E-state index contributed by atoms with van der Waals surface area (Å²) in [4.78, 5) is 12.0. The molecule has 2 N–H and O–H groups in total. The highest BCUT2D eigenvalue weighted by Gasteiger charge is 2.11. The molecule has 0 aliphatic heterocycles. The van der Waals surface area contributed by atoms with Gasteiger partial charge in [0.2, 0.25) is 0 Å². The Kier molecular flexibility index (Phi) is 7.91. The first kappa shape index (κ1) is 18.8. The third kappa shape index (κ3) is 5.79. The van der Waals surface area contributed by atoms with Crippen molar-refractivity contribution >= 4 is 23.2 Å². The van der Waals surface area contributed by atoms with Crippen LogP contribution in [0.4, 0.5) is 5.69 Å². The van der Waals surface area contributed by atoms with Gasteiger partial charge in [-0.2, -0.15) is 5.26 Å². The Hall–Kier alpha value is -2.27. The Balaban J connectivity index is 2.70. The number of nitriles is 1. The fourth-order valence-corrected chi connectivity index (χ4v) is 1.87. The third-order valence-electron chi connectivity index (χ3n) is 2.83. The van der Waals surface area contributed by atoms with Crippen molar-refractivity contribution in [3.63, 3.8) is 0 Å². The largest absolute Gasteiger partial charge is 0.495 e. The molecule has 0 heterocycles. The molecule has 8 heteroatoms. The maximum absolute atomic E-state index is 12.0. The van der Waals surface area contributed by atoms with Gasteiger partial charge in [0, 0.05) is 26.1 Å². The molecule has 0 bridgehead atoms. The third-order valence-corrected chi connectivity index (χ3v) is 3.13. The number of carbonyl (C=O) groups is 1. The van der Waals surface area contributed by atoms with Gasteiger partial charge in [0.15, 0.2) is 6.29 Å². The van der Waals surface area contributed by atoms with Crippen LogP contribution in [0, 0.1) is 11.3 Å². The van der Waals surface area contributed by atoms with Gasteiger partial charge >= 0.3 is 0 Å². The summed E-state index contributed by atoms with van der Waals surface area (Å²) in [6, 6.07) is 6.59. The predicted octanol–water partition coefficient (Wildman–Crippen LogP) is 1.90. The van der Waals surface area contributed by atoms with E-state index in [2.05, 4.69) is 10.6 Å². The smallest absolute Gasteiger partial charge is 0.267 e. The van der Waals surface area contributed by atoms with E-state index in [0.29, 0.717) is 23.0 Å². The highest BCUT2D eigenvalue weighted by molar-refractivity contribution is 6.32. The maximum atomic E-state index is 12.0. The summed E-state index contributed by atoms with van der Waals surface area (Å²) in [6.45, 7) is 0.291. The number of ether oxygens (including phenoxy) is 3. The van der Waals surface area contributed by atoms with E-state index in [1.165, 1.54) is 33.6 Å². The van der Waals surface area contributed by atoms with Crippen molar-refractivity contribution in [1.82, 2.24) is 5.32 Å². The molecule has 0 aliphatic carbocycles. The van der Waals surface area contributed by atoms with Gasteiger partial charge in [-0.15, -0.1) is 0 Å². The first-order valence-corrected chi connectivity index (χ1v) is 6.97. The summed E-state index contributed by atoms with van der Waals surface area (Å²) in [6.07, 6.45) is 0.820. The number of amides is 1. The minimum Gasteiger partial charge on any atom is -0.495 e. The number of hydrogen-bond donors (Lipinski definition) is 2. The average molecular weight is 340 g/mol. The van der Waals surface area contributed by atoms with Gasteiger partial charge in [0.05, 0.1) is 18.7 Å². The van der Waals surface area contributed by atoms with Crippen LogP contribution in [0.3, 0.4) is 0 Å². The van der Waals surface area contributed by atoms with Crippen LogP contribution in [-0.4, -0.2) is 40.1 Å². The molecule has 1 aromatic carbocycles. The zero-order chi connectivity index (χ0) is 17.2. The number of methoxy groups -OCH3 is 3. The van der Waals surface area contributed by atoms with Crippen LogP contribution in [0.25, 0.3) is 0 Å². The Morgan fingerprint density at radius 2 is 2.09 bits per heavy atom. The van der Waals surface area contributed by atoms with Gasteiger partial charge in [0.25, 0.3) is 5.91 Å². The second-order valence-corrected chi connectivity index (χ2v) is 4.69. The van der Waals surface area contributed by atoms with Crippen LogP contribution in [0.1, 0.15) is 0 Å². The van der Waals surface area contributed by atoms with Crippen molar-refractivity contribution in [3.8, 4) is 11.8 Å². The van der Waals surface area contributed by atoms with Crippen LogP contribution >= 0.6 is 11.6 Å². The van der Waals surface area contributed by atoms with Crippen molar-refractivity contribution in [2.24, 2.45) is 0 Å². The van der Waals surface area contributed by atoms with Crippen molar-refractivity contribution in [2.45, 2.75) is 6.29 Å². The summed E-state index contributed by atoms with van der Waals surface area (Å²) in [5, 5.41) is 14.8. The highest BCUT2D eigenvalue weighted by Crippen LogP contribution is 2.27. The van der Waals surface area contributed by atoms with Crippen LogP contribution in [0.15, 0.2) is 30.0 Å². The quantitative estimate of drug-likeness (QED) is 0.427. The molecular formula is C15H18ClN3O4. The second kappa shape index (κ2) is 9.69. The molecule has 0 spiro atoms. The Bertz CT molecular complexity index is 609. The summed E-state index contributed by atoms with van der Waals surface area (Å²) < 4.78 is 15.0. The van der Waals surface area contributed by atoms with Gasteiger partial charge in [-0.05, 0) is 18.2 Å². The lowest BCUT2D eigenvalue weighted by molar-refractivity contribution is -0.112. The van der Waals surface area contributed by atoms with Crippen LogP contribution < -0.4 is 15.4 Å². The van der Waals surface area contributed by atoms with E-state index in [1.54, 1.807) is 12.1 Å². The van der Waals surface area contributed by atoms with E-state index in [-0.39, 0.29) is 5.57 Å². The maximum Gasteiger partial charge on any atom is 0.267 e. The topological polar surface area (TPSA) is 92.6 Å². The summed E-state index contributed by atoms with van der Waals surface area (Å²) in [5.41, 5.74) is 0.358. The first-order chi connectivity index (χ1) is 11.0. The minimum atomic E-state index is -0.562. The van der Waals surface area contributed by atoms with Gasteiger partial charge < -0.3 is 24.8 Å². The predicted molar refractivity (Wildman–Crippen MR) is 86.1 cm³/mol. The fraction of sp³-hybridized carbons (Fsp3) is 0.333. The standard InChI is InChI=1S/C15H18ClN3O4/c1-21-13-5-4-11(6-12(13)16)19-15(20)10(7-17)8-18-9-14(22-2)23-3/h4-6,8,14,18H,9H2,1-3H3,(H,19,20)/b10-8-. The monoisotopic (exact) mass is 339 g/mol. The lowest BCUT2D eigenvalue weighted by atomic mass is 10.2. The Morgan fingerprint density at radius 3 is 2.61 bits per heavy atom. The van der Waals surface area contributed by atoms with Crippen molar-refractivity contribution in [2.75, 3.05) is 33.2 Å². The van der Waals surface area contributed by atoms with E-state index in [9.17, 15) is 4.79 Å².